The quantitative estimate of drug-likeness (QED) is 0.642. The van der Waals surface area contributed by atoms with E-state index in [4.69, 9.17) is 5.11 Å². The van der Waals surface area contributed by atoms with Gasteiger partial charge in [0.1, 0.15) is 5.69 Å². The first-order chi connectivity index (χ1) is 5.61. The zero-order valence-corrected chi connectivity index (χ0v) is 6.31. The van der Waals surface area contributed by atoms with E-state index in [1.807, 2.05) is 0 Å². The van der Waals surface area contributed by atoms with E-state index in [9.17, 15) is 9.59 Å². The average molecular weight is 166 g/mol. The molecule has 0 bridgehead atoms. The minimum atomic E-state index is -1.15. The van der Waals surface area contributed by atoms with Crippen LogP contribution in [0.25, 0.3) is 0 Å². The van der Waals surface area contributed by atoms with Crippen molar-refractivity contribution in [2.45, 2.75) is 6.92 Å². The van der Waals surface area contributed by atoms with E-state index in [2.05, 4.69) is 10.2 Å². The van der Waals surface area contributed by atoms with Gasteiger partial charge in [-0.25, -0.2) is 4.79 Å². The molecule has 0 spiro atoms. The molecule has 0 atom stereocenters. The Hall–Kier alpha value is -1.78. The third-order valence-corrected chi connectivity index (χ3v) is 1.24. The topological polar surface area (TPSA) is 80.2 Å². The van der Waals surface area contributed by atoms with Crippen molar-refractivity contribution in [2.24, 2.45) is 0 Å². The Labute approximate surface area is 68.1 Å². The van der Waals surface area contributed by atoms with Crippen LogP contribution in [-0.2, 0) is 0 Å². The second-order valence-corrected chi connectivity index (χ2v) is 2.17. The van der Waals surface area contributed by atoms with Gasteiger partial charge < -0.3 is 5.11 Å². The summed E-state index contributed by atoms with van der Waals surface area (Å²) in [6.45, 7) is 1.34. The lowest BCUT2D eigenvalue weighted by atomic mass is 10.3. The lowest BCUT2D eigenvalue weighted by Gasteiger charge is -1.93. The molecule has 0 saturated carbocycles. The first kappa shape index (κ1) is 8.32. The Morgan fingerprint density at radius 3 is 2.08 bits per heavy atom. The van der Waals surface area contributed by atoms with Gasteiger partial charge in [0, 0.05) is 6.92 Å². The molecule has 62 valence electrons. The Bertz CT molecular complexity index is 285. The standard InChI is InChI=1S/C7H6N2O3/c1-4(10)5-2-3-6(7(11)12)9-8-5/h2-3H,1H3,(H,11,12). The second kappa shape index (κ2) is 3.08. The number of hydrogen-bond acceptors (Lipinski definition) is 4. The maximum atomic E-state index is 10.7. The van der Waals surface area contributed by atoms with E-state index in [-0.39, 0.29) is 17.2 Å². The molecular weight excluding hydrogens is 160 g/mol. The van der Waals surface area contributed by atoms with Crippen LogP contribution in [0.2, 0.25) is 0 Å². The lowest BCUT2D eigenvalue weighted by molar-refractivity contribution is 0.0688. The van der Waals surface area contributed by atoms with E-state index in [0.29, 0.717) is 0 Å². The first-order valence-electron chi connectivity index (χ1n) is 3.19. The number of carbonyl (C=O) groups is 2. The van der Waals surface area contributed by atoms with Crippen LogP contribution in [0.1, 0.15) is 27.9 Å². The molecule has 5 heteroatoms. The summed E-state index contributed by atoms with van der Waals surface area (Å²) in [4.78, 5) is 21.0. The van der Waals surface area contributed by atoms with Gasteiger partial charge in [0.2, 0.25) is 0 Å². The summed E-state index contributed by atoms with van der Waals surface area (Å²) in [6, 6.07) is 2.57. The van der Waals surface area contributed by atoms with Gasteiger partial charge in [0.15, 0.2) is 11.5 Å². The number of hydrogen-bond donors (Lipinski definition) is 1. The number of carboxylic acids is 1. The third kappa shape index (κ3) is 1.63. The number of aromatic carboxylic acids is 1. The highest BCUT2D eigenvalue weighted by Gasteiger charge is 2.06. The molecule has 5 nitrogen and oxygen atoms in total. The minimum absolute atomic E-state index is 0.167. The van der Waals surface area contributed by atoms with Gasteiger partial charge in [-0.3, -0.25) is 4.79 Å². The van der Waals surface area contributed by atoms with Crippen LogP contribution in [0.5, 0.6) is 0 Å². The fraction of sp³-hybridized carbons (Fsp3) is 0.143. The Kier molecular flexibility index (Phi) is 2.14. The summed E-state index contributed by atoms with van der Waals surface area (Å²) in [5, 5.41) is 15.2. The maximum Gasteiger partial charge on any atom is 0.356 e. The van der Waals surface area contributed by atoms with Gasteiger partial charge in [-0.2, -0.15) is 0 Å². The van der Waals surface area contributed by atoms with Crippen molar-refractivity contribution in [1.82, 2.24) is 10.2 Å². The number of nitrogens with zero attached hydrogens (tertiary/aromatic N) is 2. The Morgan fingerprint density at radius 2 is 1.75 bits per heavy atom. The molecule has 0 aliphatic rings. The van der Waals surface area contributed by atoms with E-state index in [0.717, 1.165) is 0 Å². The monoisotopic (exact) mass is 166 g/mol. The van der Waals surface area contributed by atoms with Gasteiger partial charge in [-0.1, -0.05) is 0 Å². The zero-order chi connectivity index (χ0) is 9.14. The number of carboxylic acid groups (broad SMARTS) is 1. The molecule has 1 aromatic rings. The van der Waals surface area contributed by atoms with Gasteiger partial charge in [-0.15, -0.1) is 10.2 Å². The smallest absolute Gasteiger partial charge is 0.356 e. The summed E-state index contributed by atoms with van der Waals surface area (Å²) in [6.07, 6.45) is 0. The van der Waals surface area contributed by atoms with Crippen molar-refractivity contribution in [2.75, 3.05) is 0 Å². The van der Waals surface area contributed by atoms with Crippen molar-refractivity contribution in [3.8, 4) is 0 Å². The highest BCUT2D eigenvalue weighted by Crippen LogP contribution is 1.96. The summed E-state index contributed by atoms with van der Waals surface area (Å²) in [5.74, 6) is -1.39. The number of carbonyl (C=O) groups excluding carboxylic acids is 1. The number of Topliss-reactive ketones (excluding diaryl/α,β-unsaturated/α-hetero) is 1. The van der Waals surface area contributed by atoms with Gasteiger partial charge >= 0.3 is 5.97 Å². The van der Waals surface area contributed by atoms with Crippen molar-refractivity contribution >= 4 is 11.8 Å². The molecule has 1 aromatic heterocycles. The normalized spacial score (nSPS) is 9.42. The fourth-order valence-corrected chi connectivity index (χ4v) is 0.634. The van der Waals surface area contributed by atoms with Gasteiger partial charge in [0.25, 0.3) is 0 Å². The van der Waals surface area contributed by atoms with Crippen molar-refractivity contribution in [3.05, 3.63) is 23.5 Å². The van der Waals surface area contributed by atoms with E-state index in [1.165, 1.54) is 19.1 Å². The van der Waals surface area contributed by atoms with Crippen LogP contribution in [0.15, 0.2) is 12.1 Å². The maximum absolute atomic E-state index is 10.7. The van der Waals surface area contributed by atoms with Crippen LogP contribution in [0.4, 0.5) is 0 Å². The number of ketones is 1. The highest BCUT2D eigenvalue weighted by atomic mass is 16.4. The van der Waals surface area contributed by atoms with Gasteiger partial charge in [0.05, 0.1) is 0 Å². The Morgan fingerprint density at radius 1 is 1.25 bits per heavy atom. The molecule has 1 N–H and O–H groups in total. The van der Waals surface area contributed by atoms with Crippen LogP contribution < -0.4 is 0 Å². The van der Waals surface area contributed by atoms with E-state index >= 15 is 0 Å². The molecule has 0 unspecified atom stereocenters. The first-order valence-corrected chi connectivity index (χ1v) is 3.19. The lowest BCUT2D eigenvalue weighted by Crippen LogP contribution is -2.05. The zero-order valence-electron chi connectivity index (χ0n) is 6.31. The Balaban J connectivity index is 3.01. The summed E-state index contributed by atoms with van der Waals surface area (Å²) >= 11 is 0. The average Bonchev–Trinajstić information content (AvgIpc) is 2.04. The molecule has 1 rings (SSSR count). The predicted molar refractivity (Wildman–Crippen MR) is 39.0 cm³/mol. The van der Waals surface area contributed by atoms with Crippen LogP contribution in [0, 0.1) is 0 Å². The van der Waals surface area contributed by atoms with E-state index in [1.54, 1.807) is 0 Å². The highest BCUT2D eigenvalue weighted by molar-refractivity contribution is 5.92. The van der Waals surface area contributed by atoms with Crippen molar-refractivity contribution in [1.29, 1.82) is 0 Å². The fourth-order valence-electron chi connectivity index (χ4n) is 0.634. The molecule has 0 aliphatic heterocycles. The SMILES string of the molecule is CC(=O)c1ccc(C(=O)O)nn1. The summed E-state index contributed by atoms with van der Waals surface area (Å²) < 4.78 is 0. The van der Waals surface area contributed by atoms with E-state index < -0.39 is 5.97 Å². The second-order valence-electron chi connectivity index (χ2n) is 2.17. The molecular formula is C7H6N2O3. The predicted octanol–water partition coefficient (Wildman–Crippen LogP) is 0.377. The molecule has 0 radical (unpaired) electrons. The van der Waals surface area contributed by atoms with Crippen LogP contribution >= 0.6 is 0 Å². The molecule has 0 amide bonds. The van der Waals surface area contributed by atoms with Crippen LogP contribution in [-0.4, -0.2) is 27.1 Å². The van der Waals surface area contributed by atoms with Crippen molar-refractivity contribution in [3.63, 3.8) is 0 Å². The molecule has 0 aliphatic carbocycles. The van der Waals surface area contributed by atoms with Gasteiger partial charge in [-0.05, 0) is 12.1 Å². The molecule has 0 aromatic carbocycles. The largest absolute Gasteiger partial charge is 0.476 e. The van der Waals surface area contributed by atoms with Crippen LogP contribution in [0.3, 0.4) is 0 Å². The number of rotatable bonds is 2. The summed E-state index contributed by atoms with van der Waals surface area (Å²) in [7, 11) is 0. The molecule has 0 fully saturated rings. The third-order valence-electron chi connectivity index (χ3n) is 1.24. The molecule has 1 heterocycles. The van der Waals surface area contributed by atoms with Crippen molar-refractivity contribution < 1.29 is 14.7 Å². The molecule has 12 heavy (non-hydrogen) atoms. The minimum Gasteiger partial charge on any atom is -0.476 e. The number of aromatic nitrogens is 2. The molecule has 0 saturated heterocycles. The summed E-state index contributed by atoms with van der Waals surface area (Å²) in [5.41, 5.74) is 0.000000000000000666.